The summed E-state index contributed by atoms with van der Waals surface area (Å²) in [7, 11) is 0. The number of carbonyl (C=O) groups is 3. The second-order valence-electron chi connectivity index (χ2n) is 7.20. The number of ketones is 1. The Morgan fingerprint density at radius 3 is 2.09 bits per heavy atom. The van der Waals surface area contributed by atoms with Crippen LogP contribution >= 0.6 is 15.9 Å². The van der Waals surface area contributed by atoms with Gasteiger partial charge in [-0.2, -0.15) is 0 Å². The summed E-state index contributed by atoms with van der Waals surface area (Å²) in [5, 5.41) is 11.8. The Kier molecular flexibility index (Phi) is 7.10. The number of aromatic carboxylic acids is 1. The van der Waals surface area contributed by atoms with E-state index in [4.69, 9.17) is 9.84 Å². The molecular weight excluding hydrogens is 474 g/mol. The Morgan fingerprint density at radius 1 is 0.938 bits per heavy atom. The van der Waals surface area contributed by atoms with Gasteiger partial charge >= 0.3 is 5.97 Å². The van der Waals surface area contributed by atoms with Crippen molar-refractivity contribution in [3.8, 4) is 5.75 Å². The van der Waals surface area contributed by atoms with Crippen molar-refractivity contribution in [3.63, 3.8) is 0 Å². The van der Waals surface area contributed by atoms with E-state index in [-0.39, 0.29) is 16.9 Å². The fourth-order valence-corrected chi connectivity index (χ4v) is 3.71. The van der Waals surface area contributed by atoms with Gasteiger partial charge in [0, 0.05) is 16.8 Å². The van der Waals surface area contributed by atoms with E-state index in [1.807, 2.05) is 26.0 Å². The maximum Gasteiger partial charge on any atom is 0.335 e. The van der Waals surface area contributed by atoms with Crippen molar-refractivity contribution in [2.45, 2.75) is 20.8 Å². The second kappa shape index (κ2) is 9.78. The van der Waals surface area contributed by atoms with Crippen LogP contribution in [0.2, 0.25) is 0 Å². The molecule has 3 aromatic rings. The van der Waals surface area contributed by atoms with Gasteiger partial charge in [0.15, 0.2) is 5.78 Å². The summed E-state index contributed by atoms with van der Waals surface area (Å²) in [4.78, 5) is 37.3. The first kappa shape index (κ1) is 23.2. The third-order valence-corrected chi connectivity index (χ3v) is 5.90. The van der Waals surface area contributed by atoms with Gasteiger partial charge in [-0.1, -0.05) is 29.8 Å². The molecule has 3 rings (SSSR count). The van der Waals surface area contributed by atoms with E-state index in [0.717, 1.165) is 5.56 Å². The van der Waals surface area contributed by atoms with Crippen molar-refractivity contribution in [2.75, 3.05) is 11.9 Å². The highest BCUT2D eigenvalue weighted by atomic mass is 79.9. The number of amides is 1. The standard InChI is InChI=1S/C25H22BrNO5/c1-4-32-23-20(22(28)16-7-5-14(2)6-8-16)13-19(15(3)21(23)26)24(29)27-18-11-9-17(10-12-18)25(30)31/h5-13H,4H2,1-3H3,(H,27,29)(H,30,31). The molecule has 0 atom stereocenters. The van der Waals surface area contributed by atoms with E-state index in [9.17, 15) is 14.4 Å². The molecule has 0 radical (unpaired) electrons. The van der Waals surface area contributed by atoms with Crippen LogP contribution in [0.4, 0.5) is 5.69 Å². The molecule has 3 aromatic carbocycles. The largest absolute Gasteiger partial charge is 0.492 e. The molecule has 0 heterocycles. The van der Waals surface area contributed by atoms with Gasteiger partial charge in [0.25, 0.3) is 5.91 Å². The maximum atomic E-state index is 13.3. The Labute approximate surface area is 194 Å². The first-order valence-electron chi connectivity index (χ1n) is 9.94. The molecule has 1 amide bonds. The fourth-order valence-electron chi connectivity index (χ4n) is 3.17. The zero-order valence-corrected chi connectivity index (χ0v) is 19.4. The van der Waals surface area contributed by atoms with Crippen LogP contribution < -0.4 is 10.1 Å². The minimum absolute atomic E-state index is 0.119. The molecule has 32 heavy (non-hydrogen) atoms. The average Bonchev–Trinajstić information content (AvgIpc) is 2.77. The quantitative estimate of drug-likeness (QED) is 0.413. The SMILES string of the molecule is CCOc1c(C(=O)c2ccc(C)cc2)cc(C(=O)Nc2ccc(C(=O)O)cc2)c(C)c1Br. The van der Waals surface area contributed by atoms with Crippen molar-refractivity contribution in [2.24, 2.45) is 0 Å². The van der Waals surface area contributed by atoms with Crippen molar-refractivity contribution in [1.29, 1.82) is 0 Å². The molecule has 0 unspecified atom stereocenters. The lowest BCUT2D eigenvalue weighted by Gasteiger charge is -2.17. The molecule has 0 fully saturated rings. The number of carboxylic acid groups (broad SMARTS) is 1. The Hall–Kier alpha value is -3.45. The summed E-state index contributed by atoms with van der Waals surface area (Å²) >= 11 is 3.49. The van der Waals surface area contributed by atoms with Gasteiger partial charge in [-0.15, -0.1) is 0 Å². The smallest absolute Gasteiger partial charge is 0.335 e. The summed E-state index contributed by atoms with van der Waals surface area (Å²) in [5.41, 5.74) is 3.28. The average molecular weight is 496 g/mol. The molecule has 0 spiro atoms. The summed E-state index contributed by atoms with van der Waals surface area (Å²) in [6.07, 6.45) is 0. The molecule has 164 valence electrons. The first-order chi connectivity index (χ1) is 15.2. The van der Waals surface area contributed by atoms with E-state index in [1.165, 1.54) is 30.3 Å². The maximum absolute atomic E-state index is 13.3. The van der Waals surface area contributed by atoms with Crippen LogP contribution in [0.25, 0.3) is 0 Å². The number of anilines is 1. The highest BCUT2D eigenvalue weighted by Gasteiger charge is 2.24. The van der Waals surface area contributed by atoms with Crippen LogP contribution in [-0.2, 0) is 0 Å². The van der Waals surface area contributed by atoms with Crippen LogP contribution in [-0.4, -0.2) is 29.4 Å². The van der Waals surface area contributed by atoms with Crippen LogP contribution in [0.15, 0.2) is 59.1 Å². The number of carbonyl (C=O) groups excluding carboxylic acids is 2. The monoisotopic (exact) mass is 495 g/mol. The van der Waals surface area contributed by atoms with Crippen molar-refractivity contribution in [1.82, 2.24) is 0 Å². The zero-order chi connectivity index (χ0) is 23.4. The molecule has 0 aliphatic rings. The number of aryl methyl sites for hydroxylation is 1. The minimum atomic E-state index is -1.05. The predicted molar refractivity (Wildman–Crippen MR) is 126 cm³/mol. The Bertz CT molecular complexity index is 1180. The topological polar surface area (TPSA) is 92.7 Å². The number of ether oxygens (including phenoxy) is 1. The van der Waals surface area contributed by atoms with Crippen molar-refractivity contribution >= 4 is 39.3 Å². The molecule has 0 bridgehead atoms. The van der Waals surface area contributed by atoms with Crippen LogP contribution in [0.1, 0.15) is 54.7 Å². The van der Waals surface area contributed by atoms with E-state index in [2.05, 4.69) is 21.2 Å². The summed E-state index contributed by atoms with van der Waals surface area (Å²) in [6.45, 7) is 5.87. The third kappa shape index (κ3) is 4.89. The zero-order valence-electron chi connectivity index (χ0n) is 17.9. The van der Waals surface area contributed by atoms with E-state index < -0.39 is 11.9 Å². The molecule has 7 heteroatoms. The lowest BCUT2D eigenvalue weighted by molar-refractivity contribution is 0.0696. The summed E-state index contributed by atoms with van der Waals surface area (Å²) < 4.78 is 6.28. The Morgan fingerprint density at radius 2 is 1.53 bits per heavy atom. The fraction of sp³-hybridized carbons (Fsp3) is 0.160. The first-order valence-corrected chi connectivity index (χ1v) is 10.7. The van der Waals surface area contributed by atoms with Gasteiger partial charge in [-0.05, 0) is 72.6 Å². The van der Waals surface area contributed by atoms with Gasteiger partial charge in [0.2, 0.25) is 0 Å². The molecular formula is C25H22BrNO5. The van der Waals surface area contributed by atoms with Crippen LogP contribution in [0, 0.1) is 13.8 Å². The van der Waals surface area contributed by atoms with Gasteiger partial charge in [0.05, 0.1) is 22.2 Å². The number of nitrogens with one attached hydrogen (secondary N) is 1. The van der Waals surface area contributed by atoms with Gasteiger partial charge in [0.1, 0.15) is 5.75 Å². The highest BCUT2D eigenvalue weighted by molar-refractivity contribution is 9.10. The molecule has 0 saturated heterocycles. The molecule has 0 aliphatic carbocycles. The van der Waals surface area contributed by atoms with Gasteiger partial charge in [-0.3, -0.25) is 9.59 Å². The number of halogens is 1. The minimum Gasteiger partial charge on any atom is -0.492 e. The number of hydrogen-bond acceptors (Lipinski definition) is 4. The molecule has 0 saturated carbocycles. The third-order valence-electron chi connectivity index (χ3n) is 4.95. The van der Waals surface area contributed by atoms with Crippen molar-refractivity contribution in [3.05, 3.63) is 92.5 Å². The highest BCUT2D eigenvalue weighted by Crippen LogP contribution is 2.36. The van der Waals surface area contributed by atoms with E-state index in [1.54, 1.807) is 19.1 Å². The van der Waals surface area contributed by atoms with Gasteiger partial charge < -0.3 is 15.2 Å². The summed E-state index contributed by atoms with van der Waals surface area (Å²) in [5.74, 6) is -1.34. The number of benzene rings is 3. The van der Waals surface area contributed by atoms with E-state index in [0.29, 0.717) is 39.2 Å². The number of rotatable bonds is 7. The Balaban J connectivity index is 2.02. The molecule has 6 nitrogen and oxygen atoms in total. The van der Waals surface area contributed by atoms with Gasteiger partial charge in [-0.25, -0.2) is 4.79 Å². The van der Waals surface area contributed by atoms with E-state index >= 15 is 0 Å². The predicted octanol–water partition coefficient (Wildman–Crippen LogP) is 5.65. The lowest BCUT2D eigenvalue weighted by Crippen LogP contribution is -2.16. The molecule has 0 aromatic heterocycles. The normalized spacial score (nSPS) is 10.5. The van der Waals surface area contributed by atoms with Crippen LogP contribution in [0.3, 0.4) is 0 Å². The van der Waals surface area contributed by atoms with Crippen LogP contribution in [0.5, 0.6) is 5.75 Å². The number of hydrogen-bond donors (Lipinski definition) is 2. The molecule has 2 N–H and O–H groups in total. The van der Waals surface area contributed by atoms with Crippen molar-refractivity contribution < 1.29 is 24.2 Å². The lowest BCUT2D eigenvalue weighted by atomic mass is 9.96. The summed E-state index contributed by atoms with van der Waals surface area (Å²) in [6, 6.07) is 14.6. The second-order valence-corrected chi connectivity index (χ2v) is 8.00. The number of carboxylic acids is 1. The molecule has 0 aliphatic heterocycles.